The maximum Gasteiger partial charge on any atom is 0.0314 e. The van der Waals surface area contributed by atoms with Crippen LogP contribution >= 0.6 is 0 Å². The van der Waals surface area contributed by atoms with E-state index in [4.69, 9.17) is 5.73 Å². The first-order valence-electron chi connectivity index (χ1n) is 5.42. The fraction of sp³-hybridized carbons (Fsp3) is 0.385. The molecule has 0 saturated carbocycles. The van der Waals surface area contributed by atoms with Crippen LogP contribution in [0.4, 0.5) is 5.69 Å². The standard InChI is InChI=1S/C11H16N2.C2H6/c1-9(13-2)3-4-10-5-7-11(12)8-6-10;1-2/h5-8,13H,1,3-4,12H2,2H3;1-2H3. The van der Waals surface area contributed by atoms with Gasteiger partial charge in [-0.1, -0.05) is 32.6 Å². The Morgan fingerprint density at radius 2 is 1.80 bits per heavy atom. The molecule has 0 heterocycles. The van der Waals surface area contributed by atoms with Gasteiger partial charge in [0.25, 0.3) is 0 Å². The molecule has 0 radical (unpaired) electrons. The highest BCUT2D eigenvalue weighted by Crippen LogP contribution is 2.09. The Hall–Kier alpha value is -1.44. The number of rotatable bonds is 4. The van der Waals surface area contributed by atoms with Gasteiger partial charge in [-0.25, -0.2) is 0 Å². The maximum atomic E-state index is 5.58. The van der Waals surface area contributed by atoms with Crippen molar-refractivity contribution in [1.82, 2.24) is 5.32 Å². The Morgan fingerprint density at radius 1 is 1.27 bits per heavy atom. The average Bonchev–Trinajstić information content (AvgIpc) is 2.30. The highest BCUT2D eigenvalue weighted by Gasteiger charge is 1.94. The summed E-state index contributed by atoms with van der Waals surface area (Å²) < 4.78 is 0. The summed E-state index contributed by atoms with van der Waals surface area (Å²) in [5, 5.41) is 3.03. The second kappa shape index (κ2) is 7.92. The van der Waals surface area contributed by atoms with Crippen LogP contribution in [0.5, 0.6) is 0 Å². The monoisotopic (exact) mass is 206 g/mol. The summed E-state index contributed by atoms with van der Waals surface area (Å²) in [5.41, 5.74) is 8.76. The van der Waals surface area contributed by atoms with Crippen LogP contribution in [0.25, 0.3) is 0 Å². The van der Waals surface area contributed by atoms with E-state index in [2.05, 4.69) is 24.0 Å². The minimum absolute atomic E-state index is 0.816. The molecule has 0 aliphatic heterocycles. The van der Waals surface area contributed by atoms with Crippen molar-refractivity contribution in [3.63, 3.8) is 0 Å². The van der Waals surface area contributed by atoms with Crippen LogP contribution in [0.1, 0.15) is 25.8 Å². The molecule has 0 amide bonds. The van der Waals surface area contributed by atoms with Crippen LogP contribution in [0.15, 0.2) is 36.5 Å². The predicted octanol–water partition coefficient (Wildman–Crippen LogP) is 2.96. The van der Waals surface area contributed by atoms with Crippen LogP contribution in [0, 0.1) is 0 Å². The average molecular weight is 206 g/mol. The van der Waals surface area contributed by atoms with Crippen LogP contribution in [0.2, 0.25) is 0 Å². The Labute approximate surface area is 93.2 Å². The molecule has 1 aromatic carbocycles. The van der Waals surface area contributed by atoms with E-state index in [1.165, 1.54) is 5.56 Å². The van der Waals surface area contributed by atoms with Crippen molar-refractivity contribution in [3.8, 4) is 0 Å². The van der Waals surface area contributed by atoms with Gasteiger partial charge in [-0.2, -0.15) is 0 Å². The molecule has 84 valence electrons. The van der Waals surface area contributed by atoms with E-state index in [0.717, 1.165) is 24.2 Å². The molecule has 2 heteroatoms. The fourth-order valence-electron chi connectivity index (χ4n) is 1.10. The molecule has 0 bridgehead atoms. The van der Waals surface area contributed by atoms with Gasteiger partial charge < -0.3 is 11.1 Å². The molecule has 3 N–H and O–H groups in total. The van der Waals surface area contributed by atoms with E-state index in [0.29, 0.717) is 0 Å². The smallest absolute Gasteiger partial charge is 0.0314 e. The number of hydrogen-bond acceptors (Lipinski definition) is 2. The summed E-state index contributed by atoms with van der Waals surface area (Å²) in [4.78, 5) is 0. The minimum Gasteiger partial charge on any atom is -0.399 e. The Morgan fingerprint density at radius 3 is 2.27 bits per heavy atom. The summed E-state index contributed by atoms with van der Waals surface area (Å²) in [6, 6.07) is 7.96. The van der Waals surface area contributed by atoms with Crippen molar-refractivity contribution >= 4 is 5.69 Å². The molecule has 0 aliphatic carbocycles. The first kappa shape index (κ1) is 13.6. The first-order chi connectivity index (χ1) is 7.22. The van der Waals surface area contributed by atoms with Crippen molar-refractivity contribution in [2.45, 2.75) is 26.7 Å². The van der Waals surface area contributed by atoms with Gasteiger partial charge >= 0.3 is 0 Å². The number of nitrogens with two attached hydrogens (primary N) is 1. The second-order valence-corrected chi connectivity index (χ2v) is 3.10. The topological polar surface area (TPSA) is 38.0 Å². The number of hydrogen-bond donors (Lipinski definition) is 2. The Kier molecular flexibility index (Phi) is 7.16. The summed E-state index contributed by atoms with van der Waals surface area (Å²) in [6.07, 6.45) is 1.99. The van der Waals surface area contributed by atoms with Crippen LogP contribution < -0.4 is 11.1 Å². The zero-order valence-corrected chi connectivity index (χ0v) is 10.0. The van der Waals surface area contributed by atoms with Crippen molar-refractivity contribution in [3.05, 3.63) is 42.1 Å². The SMILES string of the molecule is C=C(CCc1ccc(N)cc1)NC.CC. The number of anilines is 1. The molecule has 0 saturated heterocycles. The van der Waals surface area contributed by atoms with Gasteiger partial charge in [0.2, 0.25) is 0 Å². The second-order valence-electron chi connectivity index (χ2n) is 3.10. The number of nitrogens with one attached hydrogen (secondary N) is 1. The van der Waals surface area contributed by atoms with Gasteiger partial charge in [0, 0.05) is 18.4 Å². The van der Waals surface area contributed by atoms with E-state index < -0.39 is 0 Å². The van der Waals surface area contributed by atoms with E-state index in [1.807, 2.05) is 33.0 Å². The Bertz CT molecular complexity index is 275. The summed E-state index contributed by atoms with van der Waals surface area (Å²) in [7, 11) is 1.89. The minimum atomic E-state index is 0.816. The molecule has 1 rings (SSSR count). The highest BCUT2D eigenvalue weighted by molar-refractivity contribution is 5.39. The molecule has 0 aromatic heterocycles. The normalized spacial score (nSPS) is 8.73. The largest absolute Gasteiger partial charge is 0.399 e. The van der Waals surface area contributed by atoms with Gasteiger partial charge in [0.1, 0.15) is 0 Å². The molecule has 0 aliphatic rings. The van der Waals surface area contributed by atoms with Crippen LogP contribution in [-0.2, 0) is 6.42 Å². The van der Waals surface area contributed by atoms with Gasteiger partial charge in [-0.05, 0) is 30.5 Å². The van der Waals surface area contributed by atoms with Crippen LogP contribution in [0.3, 0.4) is 0 Å². The molecule has 15 heavy (non-hydrogen) atoms. The summed E-state index contributed by atoms with van der Waals surface area (Å²) in [6.45, 7) is 7.87. The Balaban J connectivity index is 0.000000921. The summed E-state index contributed by atoms with van der Waals surface area (Å²) >= 11 is 0. The van der Waals surface area contributed by atoms with Crippen molar-refractivity contribution in [2.24, 2.45) is 0 Å². The van der Waals surface area contributed by atoms with E-state index in [9.17, 15) is 0 Å². The van der Waals surface area contributed by atoms with Crippen molar-refractivity contribution < 1.29 is 0 Å². The van der Waals surface area contributed by atoms with E-state index in [-0.39, 0.29) is 0 Å². The van der Waals surface area contributed by atoms with E-state index in [1.54, 1.807) is 0 Å². The zero-order valence-electron chi connectivity index (χ0n) is 10.0. The third-order valence-corrected chi connectivity index (χ3v) is 2.05. The predicted molar refractivity (Wildman–Crippen MR) is 68.7 cm³/mol. The molecule has 0 unspecified atom stereocenters. The molecular weight excluding hydrogens is 184 g/mol. The lowest BCUT2D eigenvalue weighted by atomic mass is 10.1. The third kappa shape index (κ3) is 5.78. The van der Waals surface area contributed by atoms with Crippen LogP contribution in [-0.4, -0.2) is 7.05 Å². The van der Waals surface area contributed by atoms with Gasteiger partial charge in [-0.3, -0.25) is 0 Å². The number of benzene rings is 1. The molecular formula is C13H22N2. The molecule has 0 spiro atoms. The third-order valence-electron chi connectivity index (χ3n) is 2.05. The lowest BCUT2D eigenvalue weighted by molar-refractivity contribution is 0.842. The van der Waals surface area contributed by atoms with Crippen molar-refractivity contribution in [2.75, 3.05) is 12.8 Å². The lowest BCUT2D eigenvalue weighted by Gasteiger charge is -2.04. The zero-order chi connectivity index (χ0) is 11.7. The first-order valence-corrected chi connectivity index (χ1v) is 5.42. The maximum absolute atomic E-state index is 5.58. The quantitative estimate of drug-likeness (QED) is 0.743. The fourth-order valence-corrected chi connectivity index (χ4v) is 1.10. The van der Waals surface area contributed by atoms with Crippen molar-refractivity contribution in [1.29, 1.82) is 0 Å². The number of nitrogen functional groups attached to an aromatic ring is 1. The lowest BCUT2D eigenvalue weighted by Crippen LogP contribution is -2.04. The molecule has 2 nitrogen and oxygen atoms in total. The van der Waals surface area contributed by atoms with Gasteiger partial charge in [-0.15, -0.1) is 0 Å². The molecule has 1 aromatic rings. The van der Waals surface area contributed by atoms with Gasteiger partial charge in [0.15, 0.2) is 0 Å². The van der Waals surface area contributed by atoms with Gasteiger partial charge in [0.05, 0.1) is 0 Å². The summed E-state index contributed by atoms with van der Waals surface area (Å²) in [5.74, 6) is 0. The number of allylic oxidation sites excluding steroid dienone is 1. The van der Waals surface area contributed by atoms with E-state index >= 15 is 0 Å². The number of aryl methyl sites for hydroxylation is 1. The highest BCUT2D eigenvalue weighted by atomic mass is 14.8. The molecule has 0 atom stereocenters. The molecule has 0 fully saturated rings.